The summed E-state index contributed by atoms with van der Waals surface area (Å²) in [5.74, 6) is 0.977. The molecule has 4 nitrogen and oxygen atoms in total. The highest BCUT2D eigenvalue weighted by atomic mass is 31.2. The van der Waals surface area contributed by atoms with Gasteiger partial charge in [0.05, 0.1) is 16.8 Å². The first-order valence-corrected chi connectivity index (χ1v) is 25.7. The summed E-state index contributed by atoms with van der Waals surface area (Å²) in [5.41, 5.74) is -1.57. The van der Waals surface area contributed by atoms with Crippen molar-refractivity contribution >= 4 is 7.82 Å². The van der Waals surface area contributed by atoms with Crippen molar-refractivity contribution in [2.45, 2.75) is 293 Å². The van der Waals surface area contributed by atoms with E-state index in [1.54, 1.807) is 0 Å². The molecule has 0 N–H and O–H groups in total. The van der Waals surface area contributed by atoms with Crippen molar-refractivity contribution in [2.75, 3.05) is 0 Å². The van der Waals surface area contributed by atoms with E-state index in [2.05, 4.69) is 83.1 Å². The second kappa shape index (κ2) is 31.1. The Kier molecular flexibility index (Phi) is 31.2. The lowest BCUT2D eigenvalue weighted by Crippen LogP contribution is -2.47. The van der Waals surface area contributed by atoms with Crippen LogP contribution in [0.1, 0.15) is 276 Å². The first-order chi connectivity index (χ1) is 25.5. The normalized spacial score (nSPS) is 15.8. The molecule has 0 bridgehead atoms. The largest absolute Gasteiger partial charge is 0.476 e. The second-order valence-electron chi connectivity index (χ2n) is 17.3. The van der Waals surface area contributed by atoms with Crippen LogP contribution in [0.5, 0.6) is 0 Å². The molecule has 0 saturated carbocycles. The fraction of sp³-hybridized carbons (Fsp3) is 1.00. The average Bonchev–Trinajstić information content (AvgIpc) is 3.16. The molecule has 0 fully saturated rings. The maximum absolute atomic E-state index is 16.9. The van der Waals surface area contributed by atoms with Crippen LogP contribution in [0.3, 0.4) is 0 Å². The molecule has 0 heterocycles. The van der Waals surface area contributed by atoms with Crippen molar-refractivity contribution in [1.82, 2.24) is 0 Å². The molecule has 0 spiro atoms. The van der Waals surface area contributed by atoms with E-state index >= 15 is 4.57 Å². The summed E-state index contributed by atoms with van der Waals surface area (Å²) in [6, 6.07) is 0. The van der Waals surface area contributed by atoms with Crippen LogP contribution in [-0.2, 0) is 18.1 Å². The van der Waals surface area contributed by atoms with E-state index in [-0.39, 0.29) is 0 Å². The Labute approximate surface area is 335 Å². The smallest absolute Gasteiger partial charge is 0.280 e. The highest BCUT2D eigenvalue weighted by Gasteiger charge is 2.54. The van der Waals surface area contributed by atoms with E-state index in [0.717, 1.165) is 173 Å². The number of phosphoric acid groups is 1. The van der Waals surface area contributed by atoms with Crippen molar-refractivity contribution in [3.8, 4) is 0 Å². The zero-order chi connectivity index (χ0) is 40.1. The van der Waals surface area contributed by atoms with E-state index in [9.17, 15) is 0 Å². The molecule has 0 aromatic rings. The molecule has 0 radical (unpaired) electrons. The molecule has 0 rings (SSSR count). The lowest BCUT2D eigenvalue weighted by Gasteiger charge is -2.50. The molecule has 53 heavy (non-hydrogen) atoms. The summed E-state index contributed by atoms with van der Waals surface area (Å²) in [6.07, 6.45) is 32.0. The van der Waals surface area contributed by atoms with Gasteiger partial charge in [0.1, 0.15) is 0 Å². The van der Waals surface area contributed by atoms with Crippen molar-refractivity contribution in [1.29, 1.82) is 0 Å². The molecule has 0 aliphatic carbocycles. The quantitative estimate of drug-likeness (QED) is 0.0584. The molecule has 3 unspecified atom stereocenters. The topological polar surface area (TPSA) is 44.8 Å². The summed E-state index contributed by atoms with van der Waals surface area (Å²) in [4.78, 5) is 0. The first-order valence-electron chi connectivity index (χ1n) is 24.3. The monoisotopic (exact) mass is 771 g/mol. The third-order valence-corrected chi connectivity index (χ3v) is 14.8. The molecular weight excluding hydrogens is 671 g/mol. The van der Waals surface area contributed by atoms with Gasteiger partial charge in [0.25, 0.3) is 0 Å². The number of rotatable bonds is 39. The predicted octanol–water partition coefficient (Wildman–Crippen LogP) is 18.2. The molecule has 0 aromatic heterocycles. The van der Waals surface area contributed by atoms with Crippen LogP contribution in [0.4, 0.5) is 0 Å². The fourth-order valence-electron chi connectivity index (χ4n) is 9.55. The maximum atomic E-state index is 16.9. The number of phosphoric ester groups is 1. The van der Waals surface area contributed by atoms with E-state index in [1.807, 2.05) is 0 Å². The second-order valence-corrected chi connectivity index (χ2v) is 18.7. The standard InChI is InChI=1S/C48H99O4P/c1-13-25-34-43(22-10)46(37-28-16-4,38-29-17-5)50-53(49,51-47(39-30-18-6,40-31-19-7)44(23-11)35-26-14-2)52-48(41-32-20-8,42-33-21-9)45(24-12)36-27-15-3/h43-45H,13-42H2,1-12H3. The van der Waals surface area contributed by atoms with Gasteiger partial charge in [-0.05, 0) is 75.5 Å². The van der Waals surface area contributed by atoms with E-state index < -0.39 is 24.6 Å². The van der Waals surface area contributed by atoms with E-state index in [1.165, 1.54) is 19.3 Å². The van der Waals surface area contributed by atoms with Gasteiger partial charge in [0.15, 0.2) is 0 Å². The Morgan fingerprint density at radius 1 is 0.340 bits per heavy atom. The van der Waals surface area contributed by atoms with Crippen molar-refractivity contribution in [3.63, 3.8) is 0 Å². The molecule has 5 heteroatoms. The van der Waals surface area contributed by atoms with Crippen LogP contribution in [0.25, 0.3) is 0 Å². The number of hydrogen-bond acceptors (Lipinski definition) is 4. The first kappa shape index (κ1) is 53.1. The van der Waals surface area contributed by atoms with Crippen LogP contribution in [0, 0.1) is 17.8 Å². The average molecular weight is 771 g/mol. The van der Waals surface area contributed by atoms with Crippen molar-refractivity contribution < 1.29 is 18.1 Å². The van der Waals surface area contributed by atoms with Gasteiger partial charge in [-0.15, -0.1) is 0 Å². The lowest BCUT2D eigenvalue weighted by molar-refractivity contribution is -0.127. The summed E-state index contributed by atoms with van der Waals surface area (Å²) in [5, 5.41) is 0. The van der Waals surface area contributed by atoms with Gasteiger partial charge in [0.2, 0.25) is 0 Å². The van der Waals surface area contributed by atoms with E-state index in [4.69, 9.17) is 13.6 Å². The SMILES string of the molecule is CCCCC(CC)C(CCCC)(CCCC)OP(=O)(OC(CCCC)(CCCC)C(CC)CCCC)OC(CCCC)(CCCC)C(CC)CCCC. The minimum Gasteiger partial charge on any atom is -0.280 e. The highest BCUT2D eigenvalue weighted by molar-refractivity contribution is 7.48. The zero-order valence-corrected chi connectivity index (χ0v) is 39.4. The highest BCUT2D eigenvalue weighted by Crippen LogP contribution is 2.65. The van der Waals surface area contributed by atoms with Gasteiger partial charge in [-0.2, -0.15) is 0 Å². The molecule has 320 valence electrons. The van der Waals surface area contributed by atoms with Crippen LogP contribution in [0.2, 0.25) is 0 Å². The van der Waals surface area contributed by atoms with Crippen LogP contribution in [-0.4, -0.2) is 16.8 Å². The zero-order valence-electron chi connectivity index (χ0n) is 38.5. The number of hydrogen-bond donors (Lipinski definition) is 0. The Hall–Kier alpha value is 0.110. The molecule has 3 atom stereocenters. The van der Waals surface area contributed by atoms with E-state index in [0.29, 0.717) is 17.8 Å². The Morgan fingerprint density at radius 3 is 0.679 bits per heavy atom. The molecular formula is C48H99O4P. The minimum absolute atomic E-state index is 0.326. The fourth-order valence-corrected chi connectivity index (χ4v) is 12.0. The Bertz CT molecular complexity index is 740. The molecule has 0 amide bonds. The predicted molar refractivity (Wildman–Crippen MR) is 236 cm³/mol. The maximum Gasteiger partial charge on any atom is 0.476 e. The molecule has 0 aliphatic heterocycles. The van der Waals surface area contributed by atoms with Gasteiger partial charge in [0, 0.05) is 0 Å². The van der Waals surface area contributed by atoms with Crippen LogP contribution < -0.4 is 0 Å². The minimum atomic E-state index is -4.12. The summed E-state index contributed by atoms with van der Waals surface area (Å²) >= 11 is 0. The number of unbranched alkanes of at least 4 members (excludes halogenated alkanes) is 9. The summed E-state index contributed by atoms with van der Waals surface area (Å²) in [6.45, 7) is 27.7. The Morgan fingerprint density at radius 2 is 0.528 bits per heavy atom. The van der Waals surface area contributed by atoms with Crippen LogP contribution in [0.15, 0.2) is 0 Å². The third kappa shape index (κ3) is 18.5. The summed E-state index contributed by atoms with van der Waals surface area (Å²) < 4.78 is 40.0. The van der Waals surface area contributed by atoms with Gasteiger partial charge >= 0.3 is 7.82 Å². The summed E-state index contributed by atoms with van der Waals surface area (Å²) in [7, 11) is -4.12. The molecule has 0 saturated heterocycles. The molecule has 0 aliphatic rings. The third-order valence-electron chi connectivity index (χ3n) is 13.0. The van der Waals surface area contributed by atoms with Gasteiger partial charge < -0.3 is 0 Å². The van der Waals surface area contributed by atoms with Crippen molar-refractivity contribution in [3.05, 3.63) is 0 Å². The van der Waals surface area contributed by atoms with Gasteiger partial charge in [-0.3, -0.25) is 13.6 Å². The van der Waals surface area contributed by atoms with Gasteiger partial charge in [-0.1, -0.05) is 218 Å². The Balaban J connectivity index is 8.25. The van der Waals surface area contributed by atoms with Crippen molar-refractivity contribution in [2.24, 2.45) is 17.8 Å². The molecule has 0 aromatic carbocycles. The van der Waals surface area contributed by atoms with Gasteiger partial charge in [-0.25, -0.2) is 4.57 Å². The van der Waals surface area contributed by atoms with Crippen LogP contribution >= 0.6 is 7.82 Å². The lowest BCUT2D eigenvalue weighted by atomic mass is 9.75.